The first-order valence-corrected chi connectivity index (χ1v) is 12.1. The summed E-state index contributed by atoms with van der Waals surface area (Å²) in [5, 5.41) is 1.11. The smallest absolute Gasteiger partial charge is 0.331 e. The van der Waals surface area contributed by atoms with Gasteiger partial charge in [0.2, 0.25) is 0 Å². The SMILES string of the molecule is Cc1ccc2c(c1)-n1c(-c3ccccc3C)c3c(=O)n(C)c(=O)n(C)c3c1[C@H](c1ccc(Cl)cc1)O2. The maximum Gasteiger partial charge on any atom is 0.331 e. The maximum atomic E-state index is 13.8. The highest BCUT2D eigenvalue weighted by Gasteiger charge is 2.36. The highest BCUT2D eigenvalue weighted by atomic mass is 35.5. The number of rotatable bonds is 2. The number of aromatic nitrogens is 3. The maximum absolute atomic E-state index is 13.8. The van der Waals surface area contributed by atoms with Crippen molar-refractivity contribution in [2.75, 3.05) is 0 Å². The van der Waals surface area contributed by atoms with Gasteiger partial charge in [0.15, 0.2) is 6.10 Å². The third-order valence-electron chi connectivity index (χ3n) is 7.03. The van der Waals surface area contributed by atoms with Crippen LogP contribution in [0.25, 0.3) is 27.8 Å². The van der Waals surface area contributed by atoms with Gasteiger partial charge in [-0.2, -0.15) is 0 Å². The molecule has 3 aromatic carbocycles. The molecule has 0 aliphatic carbocycles. The fourth-order valence-corrected chi connectivity index (χ4v) is 5.36. The molecule has 1 aliphatic heterocycles. The molecule has 0 radical (unpaired) electrons. The van der Waals surface area contributed by atoms with Gasteiger partial charge in [0, 0.05) is 24.7 Å². The summed E-state index contributed by atoms with van der Waals surface area (Å²) in [7, 11) is 3.23. The summed E-state index contributed by atoms with van der Waals surface area (Å²) in [4.78, 5) is 26.9. The molecule has 180 valence electrons. The van der Waals surface area contributed by atoms with E-state index in [0.717, 1.165) is 39.3 Å². The highest BCUT2D eigenvalue weighted by molar-refractivity contribution is 6.30. The monoisotopic (exact) mass is 497 g/mol. The van der Waals surface area contributed by atoms with Gasteiger partial charge in [-0.15, -0.1) is 0 Å². The van der Waals surface area contributed by atoms with Crippen molar-refractivity contribution in [1.29, 1.82) is 0 Å². The van der Waals surface area contributed by atoms with Crippen LogP contribution in [-0.2, 0) is 14.1 Å². The van der Waals surface area contributed by atoms with Crippen molar-refractivity contribution in [3.63, 3.8) is 0 Å². The molecule has 0 fully saturated rings. The van der Waals surface area contributed by atoms with E-state index in [1.165, 1.54) is 11.6 Å². The third-order valence-corrected chi connectivity index (χ3v) is 7.28. The zero-order valence-corrected chi connectivity index (χ0v) is 21.1. The predicted octanol–water partition coefficient (Wildman–Crippen LogP) is 5.45. The van der Waals surface area contributed by atoms with Crippen LogP contribution in [0.2, 0.25) is 5.02 Å². The Morgan fingerprint density at radius 3 is 2.33 bits per heavy atom. The van der Waals surface area contributed by atoms with Crippen molar-refractivity contribution in [3.8, 4) is 22.7 Å². The summed E-state index contributed by atoms with van der Waals surface area (Å²) in [5.74, 6) is 0.699. The second-order valence-electron chi connectivity index (χ2n) is 9.33. The van der Waals surface area contributed by atoms with Crippen LogP contribution in [0.5, 0.6) is 5.75 Å². The van der Waals surface area contributed by atoms with Crippen molar-refractivity contribution < 1.29 is 4.74 Å². The van der Waals surface area contributed by atoms with Crippen LogP contribution in [0.15, 0.2) is 76.3 Å². The van der Waals surface area contributed by atoms with Gasteiger partial charge < -0.3 is 9.30 Å². The standard InChI is InChI=1S/C29H24ClN3O3/c1-16-9-14-22-21(15-16)33-24(20-8-6-5-7-17(20)2)23-25(31(3)29(35)32(4)28(23)34)26(33)27(36-22)18-10-12-19(30)13-11-18/h5-15,27H,1-4H3/t27-/m0/s1. The van der Waals surface area contributed by atoms with Gasteiger partial charge in [-0.05, 0) is 54.8 Å². The summed E-state index contributed by atoms with van der Waals surface area (Å²) in [6.07, 6.45) is -0.560. The second-order valence-corrected chi connectivity index (χ2v) is 9.77. The van der Waals surface area contributed by atoms with Crippen molar-refractivity contribution in [2.45, 2.75) is 20.0 Å². The van der Waals surface area contributed by atoms with E-state index < -0.39 is 6.10 Å². The van der Waals surface area contributed by atoms with Crippen LogP contribution in [0.3, 0.4) is 0 Å². The molecule has 3 heterocycles. The van der Waals surface area contributed by atoms with Crippen LogP contribution in [-0.4, -0.2) is 13.7 Å². The Bertz CT molecular complexity index is 1810. The first-order valence-electron chi connectivity index (χ1n) is 11.7. The van der Waals surface area contributed by atoms with Crippen LogP contribution >= 0.6 is 11.6 Å². The van der Waals surface area contributed by atoms with Gasteiger partial charge in [-0.25, -0.2) is 4.79 Å². The molecule has 7 heteroatoms. The number of fused-ring (bicyclic) bond motifs is 5. The summed E-state index contributed by atoms with van der Waals surface area (Å²) >= 11 is 6.19. The molecule has 0 bridgehead atoms. The van der Waals surface area contributed by atoms with Crippen molar-refractivity contribution >= 4 is 22.5 Å². The number of halogens is 1. The molecule has 1 aliphatic rings. The molecule has 5 aromatic rings. The molecule has 0 unspecified atom stereocenters. The largest absolute Gasteiger partial charge is 0.477 e. The van der Waals surface area contributed by atoms with E-state index in [1.54, 1.807) is 11.6 Å². The Labute approximate surface area is 212 Å². The van der Waals surface area contributed by atoms with Crippen LogP contribution in [0.4, 0.5) is 0 Å². The van der Waals surface area contributed by atoms with E-state index in [2.05, 4.69) is 10.6 Å². The quantitative estimate of drug-likeness (QED) is 0.326. The van der Waals surface area contributed by atoms with Crippen molar-refractivity contribution in [1.82, 2.24) is 13.7 Å². The zero-order chi connectivity index (χ0) is 25.3. The van der Waals surface area contributed by atoms with E-state index in [4.69, 9.17) is 16.3 Å². The minimum Gasteiger partial charge on any atom is -0.477 e. The number of hydrogen-bond acceptors (Lipinski definition) is 3. The molecular weight excluding hydrogens is 474 g/mol. The molecule has 0 N–H and O–H groups in total. The van der Waals surface area contributed by atoms with Crippen LogP contribution in [0.1, 0.15) is 28.5 Å². The Hall–Kier alpha value is -4.03. The fraction of sp³-hybridized carbons (Fsp3) is 0.172. The Kier molecular flexibility index (Phi) is 4.99. The van der Waals surface area contributed by atoms with Gasteiger partial charge >= 0.3 is 5.69 Å². The first-order chi connectivity index (χ1) is 17.3. The van der Waals surface area contributed by atoms with Gasteiger partial charge in [-0.3, -0.25) is 13.9 Å². The molecule has 0 spiro atoms. The summed E-state index contributed by atoms with van der Waals surface area (Å²) < 4.78 is 11.4. The average Bonchev–Trinajstić information content (AvgIpc) is 3.23. The van der Waals surface area contributed by atoms with Crippen molar-refractivity contribution in [3.05, 3.63) is 115 Å². The van der Waals surface area contributed by atoms with Crippen LogP contribution < -0.4 is 16.0 Å². The molecule has 0 amide bonds. The minimum atomic E-state index is -0.560. The number of hydrogen-bond donors (Lipinski definition) is 0. The topological polar surface area (TPSA) is 58.2 Å². The number of nitrogens with zero attached hydrogens (tertiary/aromatic N) is 3. The Balaban J connectivity index is 1.88. The molecule has 0 saturated carbocycles. The summed E-state index contributed by atoms with van der Waals surface area (Å²) in [6.45, 7) is 4.05. The Morgan fingerprint density at radius 1 is 0.889 bits per heavy atom. The van der Waals surface area contributed by atoms with Gasteiger partial charge in [0.25, 0.3) is 5.56 Å². The summed E-state index contributed by atoms with van der Waals surface area (Å²) in [5.41, 5.74) is 6.05. The lowest BCUT2D eigenvalue weighted by molar-refractivity contribution is 0.229. The molecule has 0 saturated heterocycles. The first kappa shape index (κ1) is 22.4. The summed E-state index contributed by atoms with van der Waals surface area (Å²) in [6, 6.07) is 21.5. The zero-order valence-electron chi connectivity index (χ0n) is 20.4. The van der Waals surface area contributed by atoms with E-state index in [-0.39, 0.29) is 11.2 Å². The highest BCUT2D eigenvalue weighted by Crippen LogP contribution is 2.47. The number of benzene rings is 3. The van der Waals surface area contributed by atoms with E-state index in [9.17, 15) is 9.59 Å². The molecule has 2 aromatic heterocycles. The normalized spacial score (nSPS) is 14.4. The number of aryl methyl sites for hydroxylation is 3. The van der Waals surface area contributed by atoms with Crippen molar-refractivity contribution in [2.24, 2.45) is 14.1 Å². The van der Waals surface area contributed by atoms with Gasteiger partial charge in [-0.1, -0.05) is 54.1 Å². The Morgan fingerprint density at radius 2 is 1.61 bits per heavy atom. The molecule has 6 nitrogen and oxygen atoms in total. The molecular formula is C29H24ClN3O3. The molecule has 36 heavy (non-hydrogen) atoms. The van der Waals surface area contributed by atoms with Gasteiger partial charge in [0.05, 0.1) is 28.0 Å². The van der Waals surface area contributed by atoms with E-state index in [0.29, 0.717) is 21.7 Å². The van der Waals surface area contributed by atoms with Crippen LogP contribution in [0, 0.1) is 13.8 Å². The lowest BCUT2D eigenvalue weighted by Crippen LogP contribution is -2.37. The average molecular weight is 498 g/mol. The lowest BCUT2D eigenvalue weighted by atomic mass is 10.0. The minimum absolute atomic E-state index is 0.336. The molecule has 1 atom stereocenters. The third kappa shape index (κ3) is 3.11. The van der Waals surface area contributed by atoms with Gasteiger partial charge in [0.1, 0.15) is 5.75 Å². The van der Waals surface area contributed by atoms with E-state index >= 15 is 0 Å². The number of ether oxygens (including phenoxy) is 1. The fourth-order valence-electron chi connectivity index (χ4n) is 5.23. The molecule has 6 rings (SSSR count). The van der Waals surface area contributed by atoms with E-state index in [1.807, 2.05) is 74.5 Å². The predicted molar refractivity (Wildman–Crippen MR) is 143 cm³/mol. The lowest BCUT2D eigenvalue weighted by Gasteiger charge is -2.30. The second kappa shape index (κ2) is 8.00.